The third kappa shape index (κ3) is 1.98. The van der Waals surface area contributed by atoms with Gasteiger partial charge in [0.2, 0.25) is 0 Å². The fourth-order valence-corrected chi connectivity index (χ4v) is 1.11. The SMILES string of the molecule is COc1cc(F)c([C@H](N)CF)c(F)c1. The van der Waals surface area contributed by atoms with E-state index in [0.29, 0.717) is 0 Å². The molecule has 0 radical (unpaired) electrons. The zero-order valence-corrected chi connectivity index (χ0v) is 7.56. The van der Waals surface area contributed by atoms with Crippen molar-refractivity contribution in [3.05, 3.63) is 29.3 Å². The molecule has 0 aliphatic carbocycles. The van der Waals surface area contributed by atoms with Crippen LogP contribution in [0.2, 0.25) is 0 Å². The maximum atomic E-state index is 13.2. The van der Waals surface area contributed by atoms with Crippen molar-refractivity contribution in [3.8, 4) is 5.75 Å². The van der Waals surface area contributed by atoms with E-state index in [4.69, 9.17) is 5.73 Å². The predicted octanol–water partition coefficient (Wildman–Crippen LogP) is 1.94. The van der Waals surface area contributed by atoms with Crippen LogP contribution in [0.5, 0.6) is 5.75 Å². The van der Waals surface area contributed by atoms with Crippen LogP contribution in [0.25, 0.3) is 0 Å². The minimum atomic E-state index is -1.28. The van der Waals surface area contributed by atoms with E-state index >= 15 is 0 Å². The van der Waals surface area contributed by atoms with Crippen molar-refractivity contribution < 1.29 is 17.9 Å². The summed E-state index contributed by atoms with van der Waals surface area (Å²) in [6, 6.07) is 0.655. The van der Waals surface area contributed by atoms with Crippen LogP contribution in [0.3, 0.4) is 0 Å². The predicted molar refractivity (Wildman–Crippen MR) is 45.8 cm³/mol. The Morgan fingerprint density at radius 2 is 1.86 bits per heavy atom. The number of alkyl halides is 1. The van der Waals surface area contributed by atoms with Crippen LogP contribution < -0.4 is 10.5 Å². The number of halogens is 3. The lowest BCUT2D eigenvalue weighted by Gasteiger charge is -2.11. The summed E-state index contributed by atoms with van der Waals surface area (Å²) in [5, 5.41) is 0. The zero-order valence-electron chi connectivity index (χ0n) is 7.56. The highest BCUT2D eigenvalue weighted by Gasteiger charge is 2.17. The third-order valence-corrected chi connectivity index (χ3v) is 1.83. The Balaban J connectivity index is 3.18. The summed E-state index contributed by atoms with van der Waals surface area (Å²) in [7, 11) is 1.28. The van der Waals surface area contributed by atoms with Gasteiger partial charge >= 0.3 is 0 Å². The van der Waals surface area contributed by atoms with E-state index in [1.165, 1.54) is 7.11 Å². The molecule has 0 aromatic heterocycles. The van der Waals surface area contributed by atoms with Gasteiger partial charge < -0.3 is 10.5 Å². The Morgan fingerprint density at radius 1 is 1.36 bits per heavy atom. The van der Waals surface area contributed by atoms with Gasteiger partial charge in [-0.05, 0) is 0 Å². The summed E-state index contributed by atoms with van der Waals surface area (Å²) in [5.74, 6) is -1.76. The van der Waals surface area contributed by atoms with Crippen LogP contribution in [0.4, 0.5) is 13.2 Å². The molecule has 0 heterocycles. The van der Waals surface area contributed by atoms with Crippen molar-refractivity contribution in [2.24, 2.45) is 5.73 Å². The molecule has 1 aromatic rings. The topological polar surface area (TPSA) is 35.2 Å². The van der Waals surface area contributed by atoms with Gasteiger partial charge in [0, 0.05) is 17.7 Å². The first-order valence-corrected chi connectivity index (χ1v) is 3.94. The van der Waals surface area contributed by atoms with Crippen LogP contribution >= 0.6 is 0 Å². The molecule has 0 aliphatic rings. The van der Waals surface area contributed by atoms with Crippen LogP contribution in [0, 0.1) is 11.6 Å². The maximum absolute atomic E-state index is 13.2. The first kappa shape index (κ1) is 10.8. The molecule has 0 aliphatic heterocycles. The van der Waals surface area contributed by atoms with Crippen molar-refractivity contribution in [2.75, 3.05) is 13.8 Å². The first-order chi connectivity index (χ1) is 6.60. The van der Waals surface area contributed by atoms with Crippen LogP contribution in [-0.2, 0) is 0 Å². The van der Waals surface area contributed by atoms with Gasteiger partial charge in [-0.25, -0.2) is 13.2 Å². The third-order valence-electron chi connectivity index (χ3n) is 1.83. The molecule has 1 aromatic carbocycles. The number of methoxy groups -OCH3 is 1. The lowest BCUT2D eigenvalue weighted by Crippen LogP contribution is -2.16. The molecule has 0 saturated heterocycles. The molecule has 0 unspecified atom stereocenters. The first-order valence-electron chi connectivity index (χ1n) is 3.94. The quantitative estimate of drug-likeness (QED) is 0.818. The number of benzene rings is 1. The largest absolute Gasteiger partial charge is 0.497 e. The van der Waals surface area contributed by atoms with E-state index in [0.717, 1.165) is 12.1 Å². The van der Waals surface area contributed by atoms with E-state index in [1.54, 1.807) is 0 Å². The number of hydrogen-bond acceptors (Lipinski definition) is 2. The second kappa shape index (κ2) is 4.32. The van der Waals surface area contributed by atoms with Gasteiger partial charge in [-0.3, -0.25) is 0 Å². The Hall–Kier alpha value is -1.23. The summed E-state index contributed by atoms with van der Waals surface area (Å²) in [5.41, 5.74) is 4.74. The molecule has 1 atom stereocenters. The number of rotatable bonds is 3. The minimum absolute atomic E-state index is 0.0369. The Bertz CT molecular complexity index is 307. The summed E-state index contributed by atoms with van der Waals surface area (Å²) in [6.07, 6.45) is 0. The van der Waals surface area contributed by atoms with Gasteiger partial charge in [-0.1, -0.05) is 0 Å². The standard InChI is InChI=1S/C9H10F3NO/c1-14-5-2-6(11)9(7(12)3-5)8(13)4-10/h2-3,8H,4,13H2,1H3/t8-/m1/s1. The second-order valence-corrected chi connectivity index (χ2v) is 2.77. The van der Waals surface area contributed by atoms with E-state index in [1.807, 2.05) is 0 Å². The summed E-state index contributed by atoms with van der Waals surface area (Å²) >= 11 is 0. The molecule has 2 N–H and O–H groups in total. The molecule has 0 amide bonds. The number of ether oxygens (including phenoxy) is 1. The number of nitrogens with two attached hydrogens (primary N) is 1. The molecule has 78 valence electrons. The lowest BCUT2D eigenvalue weighted by molar-refractivity contribution is 0.392. The molecule has 1 rings (SSSR count). The van der Waals surface area contributed by atoms with Crippen LogP contribution in [0.1, 0.15) is 11.6 Å². The Kier molecular flexibility index (Phi) is 3.35. The normalized spacial score (nSPS) is 12.6. The van der Waals surface area contributed by atoms with E-state index < -0.39 is 29.9 Å². The van der Waals surface area contributed by atoms with Gasteiger partial charge in [0.1, 0.15) is 24.1 Å². The second-order valence-electron chi connectivity index (χ2n) is 2.77. The van der Waals surface area contributed by atoms with Crippen molar-refractivity contribution >= 4 is 0 Å². The van der Waals surface area contributed by atoms with Gasteiger partial charge in [-0.15, -0.1) is 0 Å². The van der Waals surface area contributed by atoms with Crippen molar-refractivity contribution in [1.82, 2.24) is 0 Å². The smallest absolute Gasteiger partial charge is 0.134 e. The van der Waals surface area contributed by atoms with Gasteiger partial charge in [0.15, 0.2) is 0 Å². The molecular weight excluding hydrogens is 195 g/mol. The number of hydrogen-bond donors (Lipinski definition) is 1. The molecule has 0 bridgehead atoms. The summed E-state index contributed by atoms with van der Waals surface area (Å²) in [4.78, 5) is 0. The van der Waals surface area contributed by atoms with E-state index in [2.05, 4.69) is 4.74 Å². The van der Waals surface area contributed by atoms with Crippen molar-refractivity contribution in [1.29, 1.82) is 0 Å². The molecule has 2 nitrogen and oxygen atoms in total. The highest BCUT2D eigenvalue weighted by Crippen LogP contribution is 2.24. The highest BCUT2D eigenvalue weighted by molar-refractivity contribution is 5.32. The average molecular weight is 205 g/mol. The Labute approximate surface area is 79.5 Å². The minimum Gasteiger partial charge on any atom is -0.497 e. The summed E-state index contributed by atoms with van der Waals surface area (Å²) < 4.78 is 43.1. The van der Waals surface area contributed by atoms with E-state index in [9.17, 15) is 13.2 Å². The molecule has 0 spiro atoms. The zero-order chi connectivity index (χ0) is 10.7. The monoisotopic (exact) mass is 205 g/mol. The molecule has 0 saturated carbocycles. The van der Waals surface area contributed by atoms with Gasteiger partial charge in [0.05, 0.1) is 13.2 Å². The van der Waals surface area contributed by atoms with Crippen LogP contribution in [0.15, 0.2) is 12.1 Å². The molecular formula is C9H10F3NO. The van der Waals surface area contributed by atoms with Gasteiger partial charge in [-0.2, -0.15) is 0 Å². The van der Waals surface area contributed by atoms with Crippen molar-refractivity contribution in [3.63, 3.8) is 0 Å². The molecule has 14 heavy (non-hydrogen) atoms. The molecule has 5 heteroatoms. The van der Waals surface area contributed by atoms with E-state index in [-0.39, 0.29) is 5.75 Å². The molecule has 0 fully saturated rings. The fraction of sp³-hybridized carbons (Fsp3) is 0.333. The lowest BCUT2D eigenvalue weighted by atomic mass is 10.1. The maximum Gasteiger partial charge on any atom is 0.134 e. The van der Waals surface area contributed by atoms with Gasteiger partial charge in [0.25, 0.3) is 0 Å². The summed E-state index contributed by atoms with van der Waals surface area (Å²) in [6.45, 7) is -1.01. The van der Waals surface area contributed by atoms with Crippen LogP contribution in [-0.4, -0.2) is 13.8 Å². The Morgan fingerprint density at radius 3 is 2.21 bits per heavy atom. The fourth-order valence-electron chi connectivity index (χ4n) is 1.11. The average Bonchev–Trinajstić information content (AvgIpc) is 2.16. The van der Waals surface area contributed by atoms with Crippen molar-refractivity contribution in [2.45, 2.75) is 6.04 Å². The highest BCUT2D eigenvalue weighted by atomic mass is 19.1.